The number of nitrogens with zero attached hydrogens (tertiary/aromatic N) is 5. The Morgan fingerprint density at radius 2 is 2.04 bits per heavy atom. The van der Waals surface area contributed by atoms with Crippen LogP contribution < -0.4 is 10.4 Å². The third kappa shape index (κ3) is 2.94. The fraction of sp³-hybridized carbons (Fsp3) is 0.278. The number of methoxy groups -OCH3 is 1. The molecular weight excluding hydrogens is 388 g/mol. The fourth-order valence-electron chi connectivity index (χ4n) is 3.11. The third-order valence-electron chi connectivity index (χ3n) is 4.36. The quantitative estimate of drug-likeness (QED) is 0.511. The highest BCUT2D eigenvalue weighted by atomic mass is 32.1. The summed E-state index contributed by atoms with van der Waals surface area (Å²) in [7, 11) is 5.15. The van der Waals surface area contributed by atoms with Gasteiger partial charge in [0.1, 0.15) is 11.2 Å². The molecule has 28 heavy (non-hydrogen) atoms. The number of aromatic nitrogens is 4. The van der Waals surface area contributed by atoms with E-state index in [9.17, 15) is 13.6 Å². The first kappa shape index (κ1) is 18.5. The first-order valence-electron chi connectivity index (χ1n) is 8.41. The lowest BCUT2D eigenvalue weighted by Crippen LogP contribution is -2.28. The van der Waals surface area contributed by atoms with Crippen LogP contribution in [0.15, 0.2) is 29.3 Å². The Hall–Kier alpha value is -2.85. The summed E-state index contributed by atoms with van der Waals surface area (Å²) in [6, 6.07) is 4.70. The normalized spacial score (nSPS) is 11.8. The highest BCUT2D eigenvalue weighted by Gasteiger charge is 2.19. The molecule has 0 fully saturated rings. The predicted molar refractivity (Wildman–Crippen MR) is 102 cm³/mol. The van der Waals surface area contributed by atoms with Crippen molar-refractivity contribution in [3.63, 3.8) is 0 Å². The van der Waals surface area contributed by atoms with E-state index in [1.165, 1.54) is 46.0 Å². The highest BCUT2D eigenvalue weighted by Crippen LogP contribution is 2.29. The maximum absolute atomic E-state index is 14.5. The lowest BCUT2D eigenvalue weighted by atomic mass is 10.2. The van der Waals surface area contributed by atoms with Gasteiger partial charge in [0.15, 0.2) is 17.2 Å². The second-order valence-corrected chi connectivity index (χ2v) is 7.70. The molecule has 0 bridgehead atoms. The number of thiophene rings is 1. The average molecular weight is 405 g/mol. The number of fused-ring (bicyclic) bond motifs is 3. The van der Waals surface area contributed by atoms with Crippen molar-refractivity contribution in [2.45, 2.75) is 13.1 Å². The zero-order valence-corrected chi connectivity index (χ0v) is 16.3. The Balaban J connectivity index is 1.92. The van der Waals surface area contributed by atoms with E-state index in [4.69, 9.17) is 4.74 Å². The maximum atomic E-state index is 14.5. The molecule has 4 rings (SSSR count). The molecule has 3 heterocycles. The van der Waals surface area contributed by atoms with Gasteiger partial charge in [0, 0.05) is 17.0 Å². The number of halogens is 2. The molecule has 146 valence electrons. The van der Waals surface area contributed by atoms with Crippen molar-refractivity contribution >= 4 is 27.2 Å². The van der Waals surface area contributed by atoms with Crippen LogP contribution in [0.4, 0.5) is 8.78 Å². The van der Waals surface area contributed by atoms with E-state index in [-0.39, 0.29) is 17.9 Å². The van der Waals surface area contributed by atoms with Crippen LogP contribution in [-0.4, -0.2) is 45.3 Å². The highest BCUT2D eigenvalue weighted by molar-refractivity contribution is 7.18. The number of hydrogen-bond donors (Lipinski definition) is 0. The van der Waals surface area contributed by atoms with Crippen LogP contribution in [0.5, 0.6) is 5.75 Å². The Kier molecular flexibility index (Phi) is 4.60. The second kappa shape index (κ2) is 6.95. The summed E-state index contributed by atoms with van der Waals surface area (Å²) in [5.41, 5.74) is 0.0245. The zero-order valence-electron chi connectivity index (χ0n) is 15.4. The summed E-state index contributed by atoms with van der Waals surface area (Å²) in [6.45, 7) is 0.541. The molecule has 3 aromatic heterocycles. The van der Waals surface area contributed by atoms with E-state index in [0.717, 1.165) is 10.3 Å². The summed E-state index contributed by atoms with van der Waals surface area (Å²) < 4.78 is 36.0. The molecule has 0 saturated heterocycles. The molecular formula is C18H17F2N5O2S. The molecule has 0 saturated carbocycles. The predicted octanol–water partition coefficient (Wildman–Crippen LogP) is 2.50. The summed E-state index contributed by atoms with van der Waals surface area (Å²) in [4.78, 5) is 20.8. The molecule has 0 radical (unpaired) electrons. The van der Waals surface area contributed by atoms with Crippen molar-refractivity contribution in [1.29, 1.82) is 0 Å². The monoisotopic (exact) mass is 405 g/mol. The number of rotatable bonds is 5. The van der Waals surface area contributed by atoms with Crippen molar-refractivity contribution in [3.8, 4) is 5.75 Å². The van der Waals surface area contributed by atoms with Gasteiger partial charge < -0.3 is 9.64 Å². The molecule has 0 spiro atoms. The van der Waals surface area contributed by atoms with Crippen molar-refractivity contribution in [2.24, 2.45) is 0 Å². The van der Waals surface area contributed by atoms with Crippen LogP contribution >= 0.6 is 11.3 Å². The van der Waals surface area contributed by atoms with Gasteiger partial charge in [-0.2, -0.15) is 14.0 Å². The number of ether oxygens (including phenoxy) is 1. The zero-order chi connectivity index (χ0) is 20.0. The van der Waals surface area contributed by atoms with Crippen LogP contribution in [0.3, 0.4) is 0 Å². The molecule has 10 heteroatoms. The summed E-state index contributed by atoms with van der Waals surface area (Å²) in [6.07, 6.45) is 1.30. The Morgan fingerprint density at radius 1 is 1.25 bits per heavy atom. The fourth-order valence-corrected chi connectivity index (χ4v) is 4.37. The molecule has 0 aliphatic heterocycles. The van der Waals surface area contributed by atoms with Gasteiger partial charge in [-0.25, -0.2) is 14.2 Å². The van der Waals surface area contributed by atoms with Crippen LogP contribution in [0.25, 0.3) is 15.9 Å². The molecule has 1 aromatic carbocycles. The summed E-state index contributed by atoms with van der Waals surface area (Å²) in [5, 5.41) is 4.73. The van der Waals surface area contributed by atoms with Gasteiger partial charge in [0.25, 0.3) is 0 Å². The second-order valence-electron chi connectivity index (χ2n) is 6.59. The van der Waals surface area contributed by atoms with E-state index in [1.54, 1.807) is 0 Å². The van der Waals surface area contributed by atoms with Gasteiger partial charge in [-0.05, 0) is 26.2 Å². The average Bonchev–Trinajstić information content (AvgIpc) is 3.28. The van der Waals surface area contributed by atoms with Crippen LogP contribution in [0.1, 0.15) is 10.4 Å². The minimum atomic E-state index is -1.08. The number of benzene rings is 1. The van der Waals surface area contributed by atoms with Crippen molar-refractivity contribution in [1.82, 2.24) is 24.1 Å². The minimum Gasteiger partial charge on any atom is -0.494 e. The topological polar surface area (TPSA) is 64.7 Å². The van der Waals surface area contributed by atoms with Crippen LogP contribution in [0.2, 0.25) is 0 Å². The smallest absolute Gasteiger partial charge is 0.352 e. The molecule has 0 N–H and O–H groups in total. The first-order chi connectivity index (χ1) is 13.4. The van der Waals surface area contributed by atoms with Crippen LogP contribution in [-0.2, 0) is 13.1 Å². The molecule has 4 aromatic rings. The van der Waals surface area contributed by atoms with Gasteiger partial charge >= 0.3 is 5.69 Å². The minimum absolute atomic E-state index is 0.0451. The first-order valence-corrected chi connectivity index (χ1v) is 9.23. The van der Waals surface area contributed by atoms with Crippen molar-refractivity contribution in [2.75, 3.05) is 21.2 Å². The standard InChI is InChI=1S/C18H17F2N5O2S/c1-23(2)8-11-6-12-16-21-9-22-25(16)18(26)24(17(12)28-11)7-10-4-5-13(27-3)15(20)14(10)19/h4-6,9H,7-8H2,1-3H3. The molecule has 0 atom stereocenters. The molecule has 0 unspecified atom stereocenters. The molecule has 7 nitrogen and oxygen atoms in total. The number of hydrogen-bond acceptors (Lipinski definition) is 6. The maximum Gasteiger partial charge on any atom is 0.352 e. The lowest BCUT2D eigenvalue weighted by molar-refractivity contribution is 0.369. The van der Waals surface area contributed by atoms with Crippen molar-refractivity contribution in [3.05, 3.63) is 57.1 Å². The largest absolute Gasteiger partial charge is 0.494 e. The van der Waals surface area contributed by atoms with E-state index < -0.39 is 17.3 Å². The van der Waals surface area contributed by atoms with E-state index in [2.05, 4.69) is 10.1 Å². The molecule has 0 aliphatic rings. The Morgan fingerprint density at radius 3 is 2.75 bits per heavy atom. The van der Waals surface area contributed by atoms with Gasteiger partial charge in [-0.3, -0.25) is 4.57 Å². The van der Waals surface area contributed by atoms with Crippen LogP contribution in [0, 0.1) is 11.6 Å². The van der Waals surface area contributed by atoms with E-state index >= 15 is 0 Å². The lowest BCUT2D eigenvalue weighted by Gasteiger charge is -2.11. The van der Waals surface area contributed by atoms with Gasteiger partial charge in [-0.1, -0.05) is 6.07 Å². The Bertz CT molecular complexity index is 1240. The van der Waals surface area contributed by atoms with Crippen molar-refractivity contribution < 1.29 is 13.5 Å². The van der Waals surface area contributed by atoms with Gasteiger partial charge in [0.05, 0.1) is 19.0 Å². The van der Waals surface area contributed by atoms with Gasteiger partial charge in [0.2, 0.25) is 5.82 Å². The SMILES string of the molecule is COc1ccc(Cn2c(=O)n3ncnc3c3cc(CN(C)C)sc32)c(F)c1F. The van der Waals surface area contributed by atoms with E-state index in [0.29, 0.717) is 17.0 Å². The molecule has 0 amide bonds. The van der Waals surface area contributed by atoms with E-state index in [1.807, 2.05) is 25.1 Å². The van der Waals surface area contributed by atoms with Gasteiger partial charge in [-0.15, -0.1) is 11.3 Å². The molecule has 0 aliphatic carbocycles. The summed E-state index contributed by atoms with van der Waals surface area (Å²) >= 11 is 1.42. The Labute approximate surface area is 162 Å². The summed E-state index contributed by atoms with van der Waals surface area (Å²) in [5.74, 6) is -2.30. The third-order valence-corrected chi connectivity index (χ3v) is 5.50.